The van der Waals surface area contributed by atoms with Crippen LogP contribution in [0.15, 0.2) is 15.7 Å². The minimum atomic E-state index is -0.258. The van der Waals surface area contributed by atoms with Crippen LogP contribution in [0.5, 0.6) is 0 Å². The number of methoxy groups -OCH3 is 1. The molecule has 2 N–H and O–H groups in total. The van der Waals surface area contributed by atoms with Gasteiger partial charge in [0.2, 0.25) is 0 Å². The van der Waals surface area contributed by atoms with Crippen molar-refractivity contribution in [3.8, 4) is 0 Å². The van der Waals surface area contributed by atoms with E-state index in [9.17, 15) is 14.4 Å². The fourth-order valence-electron chi connectivity index (χ4n) is 7.76. The number of aromatic nitrogens is 2. The normalized spacial score (nSPS) is 29.5. The maximum atomic E-state index is 13.5. The Bertz CT molecular complexity index is 1750. The van der Waals surface area contributed by atoms with Crippen LogP contribution in [0.2, 0.25) is 0 Å². The predicted molar refractivity (Wildman–Crippen MR) is 164 cm³/mol. The molecule has 8 heteroatoms. The largest absolute Gasteiger partial charge is 0.469 e. The quantitative estimate of drug-likeness (QED) is 0.410. The number of ketones is 2. The lowest BCUT2D eigenvalue weighted by Gasteiger charge is -2.20. The topological polar surface area (TPSA) is 117 Å². The summed E-state index contributed by atoms with van der Waals surface area (Å²) in [4.78, 5) is 56.1. The number of carbonyl (C=O) groups excluding carboxylic acids is 3. The van der Waals surface area contributed by atoms with Gasteiger partial charge in [-0.05, 0) is 56.4 Å². The van der Waals surface area contributed by atoms with Crippen LogP contribution in [0.3, 0.4) is 0 Å². The summed E-state index contributed by atoms with van der Waals surface area (Å²) in [5.74, 6) is 0.409. The van der Waals surface area contributed by atoms with E-state index in [1.807, 2.05) is 19.9 Å². The smallest absolute Gasteiger partial charge is 0.305 e. The average molecular weight is 569 g/mol. The van der Waals surface area contributed by atoms with E-state index in [1.54, 1.807) is 6.92 Å². The first-order chi connectivity index (χ1) is 20.0. The highest BCUT2D eigenvalue weighted by Gasteiger charge is 2.40. The van der Waals surface area contributed by atoms with Crippen LogP contribution in [0.25, 0.3) is 17.7 Å². The van der Waals surface area contributed by atoms with Crippen molar-refractivity contribution in [3.05, 3.63) is 50.0 Å². The molecular formula is C34H40N4O4. The zero-order valence-corrected chi connectivity index (χ0v) is 25.6. The second-order valence-corrected chi connectivity index (χ2v) is 12.5. The highest BCUT2D eigenvalue weighted by Crippen LogP contribution is 2.45. The van der Waals surface area contributed by atoms with Crippen molar-refractivity contribution >= 4 is 46.7 Å². The number of ether oxygens (including phenoxy) is 1. The number of allylic oxidation sites excluding steroid dienone is 2. The van der Waals surface area contributed by atoms with Gasteiger partial charge in [-0.25, -0.2) is 0 Å². The Morgan fingerprint density at radius 1 is 1.05 bits per heavy atom. The molecular weight excluding hydrogens is 528 g/mol. The Labute approximate surface area is 246 Å². The molecule has 0 amide bonds. The fraction of sp³-hybridized carbons (Fsp3) is 0.500. The number of esters is 1. The van der Waals surface area contributed by atoms with Gasteiger partial charge >= 0.3 is 5.97 Å². The fourth-order valence-corrected chi connectivity index (χ4v) is 7.76. The van der Waals surface area contributed by atoms with Crippen LogP contribution in [0.4, 0.5) is 0 Å². The first kappa shape index (κ1) is 28.3. The third-order valence-electron chi connectivity index (χ3n) is 10.2. The van der Waals surface area contributed by atoms with Gasteiger partial charge in [0.15, 0.2) is 11.6 Å². The Morgan fingerprint density at radius 2 is 1.79 bits per heavy atom. The first-order valence-corrected chi connectivity index (χ1v) is 15.2. The number of hydrogen-bond donors (Lipinski definition) is 2. The van der Waals surface area contributed by atoms with Crippen molar-refractivity contribution in [2.24, 2.45) is 33.7 Å². The predicted octanol–water partition coefficient (Wildman–Crippen LogP) is 4.42. The van der Waals surface area contributed by atoms with Crippen LogP contribution < -0.4 is 10.7 Å². The molecule has 5 atom stereocenters. The number of aromatic amines is 2. The van der Waals surface area contributed by atoms with Crippen molar-refractivity contribution in [1.82, 2.24) is 9.97 Å². The van der Waals surface area contributed by atoms with Gasteiger partial charge in [-0.3, -0.25) is 24.4 Å². The van der Waals surface area contributed by atoms with E-state index in [-0.39, 0.29) is 47.8 Å². The van der Waals surface area contributed by atoms with Crippen LogP contribution in [-0.4, -0.2) is 52.1 Å². The summed E-state index contributed by atoms with van der Waals surface area (Å²) in [5, 5.41) is 1.63. The summed E-state index contributed by atoms with van der Waals surface area (Å²) in [6.45, 7) is 12.2. The number of hydrogen-bond acceptors (Lipinski definition) is 6. The Balaban J connectivity index is 1.62. The van der Waals surface area contributed by atoms with E-state index in [4.69, 9.17) is 14.7 Å². The van der Waals surface area contributed by atoms with Crippen LogP contribution in [0, 0.1) is 37.5 Å². The lowest BCUT2D eigenvalue weighted by atomic mass is 9.84. The first-order valence-electron chi connectivity index (χ1n) is 15.2. The molecule has 0 aromatic carbocycles. The molecule has 8 bridgehead atoms. The molecule has 0 spiro atoms. The number of rotatable bonds is 5. The van der Waals surface area contributed by atoms with E-state index < -0.39 is 0 Å². The van der Waals surface area contributed by atoms with Crippen molar-refractivity contribution in [3.63, 3.8) is 0 Å². The van der Waals surface area contributed by atoms with Gasteiger partial charge in [-0.1, -0.05) is 27.2 Å². The van der Waals surface area contributed by atoms with E-state index in [2.05, 4.69) is 36.8 Å². The molecule has 2 aromatic heterocycles. The second kappa shape index (κ2) is 10.5. The van der Waals surface area contributed by atoms with E-state index in [0.29, 0.717) is 30.7 Å². The molecule has 1 unspecified atom stereocenters. The minimum absolute atomic E-state index is 0.00384. The zero-order chi connectivity index (χ0) is 30.0. The third kappa shape index (κ3) is 4.38. The lowest BCUT2D eigenvalue weighted by Crippen LogP contribution is -2.24. The molecule has 2 aromatic rings. The van der Waals surface area contributed by atoms with Gasteiger partial charge in [0.25, 0.3) is 0 Å². The molecule has 4 aliphatic rings. The Morgan fingerprint density at radius 3 is 2.48 bits per heavy atom. The van der Waals surface area contributed by atoms with Crippen molar-refractivity contribution in [2.75, 3.05) is 7.11 Å². The summed E-state index contributed by atoms with van der Waals surface area (Å²) in [5.41, 5.74) is 8.93. The van der Waals surface area contributed by atoms with Gasteiger partial charge in [0.05, 0.1) is 29.9 Å². The molecule has 1 aliphatic carbocycles. The van der Waals surface area contributed by atoms with Gasteiger partial charge in [0.1, 0.15) is 0 Å². The number of Topliss-reactive ketones (excluding diaryl/α,β-unsaturated/α-hetero) is 2. The molecule has 3 aliphatic heterocycles. The molecule has 220 valence electrons. The van der Waals surface area contributed by atoms with Crippen molar-refractivity contribution < 1.29 is 19.1 Å². The number of aliphatic imine (C=N–C) groups is 2. The zero-order valence-electron chi connectivity index (χ0n) is 25.6. The average Bonchev–Trinajstić information content (AvgIpc) is 3.70. The van der Waals surface area contributed by atoms with Crippen LogP contribution in [-0.2, 0) is 16.0 Å². The van der Waals surface area contributed by atoms with Gasteiger partial charge in [0, 0.05) is 76.2 Å². The highest BCUT2D eigenvalue weighted by molar-refractivity contribution is 6.17. The number of H-pyrrole nitrogens is 2. The standard InChI is InChI=1S/C34H40N4O4/c1-8-20-15(2)23-14-28-31(19(6)39)17(4)25(36-28)12-24-16(3)21(9-10-30(41)42-7)33(37-24)22-11-29(40)32-18(5)26(38-34(22)32)13-27(20)35-23/h12,14-16,20-21,27,36,38H,8-11,13H2,1-7H3/b25-12-,28-14-,33-22-/t15-,16+,20-,21+,27?/m1/s1. The Hall–Kier alpha value is -3.81. The van der Waals surface area contributed by atoms with E-state index in [0.717, 1.165) is 67.9 Å². The maximum Gasteiger partial charge on any atom is 0.305 e. The van der Waals surface area contributed by atoms with Gasteiger partial charge in [-0.15, -0.1) is 0 Å². The van der Waals surface area contributed by atoms with E-state index in [1.165, 1.54) is 7.11 Å². The molecule has 8 nitrogen and oxygen atoms in total. The summed E-state index contributed by atoms with van der Waals surface area (Å²) in [7, 11) is 1.41. The monoisotopic (exact) mass is 568 g/mol. The number of nitrogens with zero attached hydrogens (tertiary/aromatic N) is 2. The summed E-state index contributed by atoms with van der Waals surface area (Å²) >= 11 is 0. The number of carbonyl (C=O) groups is 3. The molecule has 5 heterocycles. The molecule has 0 saturated heterocycles. The summed E-state index contributed by atoms with van der Waals surface area (Å²) in [6.07, 6.45) is 6.94. The minimum Gasteiger partial charge on any atom is -0.469 e. The van der Waals surface area contributed by atoms with Gasteiger partial charge in [-0.2, -0.15) is 0 Å². The second-order valence-electron chi connectivity index (χ2n) is 12.5. The summed E-state index contributed by atoms with van der Waals surface area (Å²) < 4.78 is 4.96. The van der Waals surface area contributed by atoms with E-state index >= 15 is 0 Å². The maximum absolute atomic E-state index is 13.5. The lowest BCUT2D eigenvalue weighted by molar-refractivity contribution is -0.140. The van der Waals surface area contributed by atoms with Crippen molar-refractivity contribution in [1.29, 1.82) is 0 Å². The van der Waals surface area contributed by atoms with Crippen molar-refractivity contribution in [2.45, 2.75) is 79.7 Å². The molecule has 0 radical (unpaired) electrons. The molecule has 0 fully saturated rings. The summed E-state index contributed by atoms with van der Waals surface area (Å²) in [6, 6.07) is 0.0691. The molecule has 42 heavy (non-hydrogen) atoms. The van der Waals surface area contributed by atoms with Crippen LogP contribution >= 0.6 is 0 Å². The molecule has 0 saturated carbocycles. The SMILES string of the molecule is CC[C@H]1C2Cc3[nH]c4c(c3C)C(=O)C/C4=C3N=C(/C=c4\[nH]/c(c(C(C)=O)c4C)=C\C(=N2)[C@@H]1C)[C@@H](C)[C@@H]/3CCC(=O)OC. The Kier molecular flexibility index (Phi) is 7.06. The highest BCUT2D eigenvalue weighted by atomic mass is 16.5. The number of fused-ring (bicyclic) bond motifs is 5. The third-order valence-corrected chi connectivity index (χ3v) is 10.2. The number of nitrogens with one attached hydrogen (secondary N) is 2. The van der Waals surface area contributed by atoms with Crippen LogP contribution in [0.1, 0.15) is 96.6 Å². The molecule has 6 rings (SSSR count). The van der Waals surface area contributed by atoms with Gasteiger partial charge < -0.3 is 14.7 Å².